The minimum Gasteiger partial charge on any atom is -0.368 e. The molecule has 3 rings (SSSR count). The Kier molecular flexibility index (Phi) is 5.53. The van der Waals surface area contributed by atoms with Gasteiger partial charge in [-0.25, -0.2) is 0 Å². The zero-order valence-electron chi connectivity index (χ0n) is 13.3. The summed E-state index contributed by atoms with van der Waals surface area (Å²) in [5.74, 6) is 0.209. The molecule has 3 aliphatic rings. The number of carbonyl (C=O) groups excluding carboxylic acids is 1. The summed E-state index contributed by atoms with van der Waals surface area (Å²) < 4.78 is 5.82. The van der Waals surface area contributed by atoms with Crippen LogP contribution in [0.4, 0.5) is 0 Å². The summed E-state index contributed by atoms with van der Waals surface area (Å²) in [5, 5.41) is 0. The van der Waals surface area contributed by atoms with Gasteiger partial charge in [0.05, 0.1) is 6.10 Å². The highest BCUT2D eigenvalue weighted by atomic mass is 16.5. The molecule has 1 saturated carbocycles. The average Bonchev–Trinajstić information content (AvgIpc) is 3.08. The molecule has 4 nitrogen and oxygen atoms in total. The highest BCUT2D eigenvalue weighted by Gasteiger charge is 2.28. The van der Waals surface area contributed by atoms with Crippen LogP contribution in [0.15, 0.2) is 0 Å². The molecule has 0 unspecified atom stereocenters. The Morgan fingerprint density at radius 3 is 2.19 bits per heavy atom. The molecule has 2 heterocycles. The Hall–Kier alpha value is -0.610. The first-order chi connectivity index (χ1) is 10.3. The summed E-state index contributed by atoms with van der Waals surface area (Å²) in [6.07, 6.45) is 11.5. The molecular formula is C17H30N2O2. The molecule has 0 aromatic rings. The van der Waals surface area contributed by atoms with Crippen molar-refractivity contribution in [3.05, 3.63) is 0 Å². The molecule has 2 saturated heterocycles. The molecule has 0 N–H and O–H groups in total. The van der Waals surface area contributed by atoms with Crippen molar-refractivity contribution < 1.29 is 9.53 Å². The van der Waals surface area contributed by atoms with Gasteiger partial charge in [-0.2, -0.15) is 0 Å². The maximum atomic E-state index is 12.3. The largest absolute Gasteiger partial charge is 0.368 e. The number of amides is 1. The normalized spacial score (nSPS) is 26.4. The van der Waals surface area contributed by atoms with Gasteiger partial charge in [0.25, 0.3) is 0 Å². The topological polar surface area (TPSA) is 32.8 Å². The lowest BCUT2D eigenvalue weighted by Crippen LogP contribution is -2.47. The van der Waals surface area contributed by atoms with Crippen molar-refractivity contribution in [3.8, 4) is 0 Å². The lowest BCUT2D eigenvalue weighted by Gasteiger charge is -2.36. The quantitative estimate of drug-likeness (QED) is 0.798. The van der Waals surface area contributed by atoms with Gasteiger partial charge in [0.15, 0.2) is 0 Å². The Balaban J connectivity index is 1.36. The van der Waals surface area contributed by atoms with E-state index >= 15 is 0 Å². The highest BCUT2D eigenvalue weighted by Crippen LogP contribution is 2.22. The first-order valence-corrected chi connectivity index (χ1v) is 8.96. The predicted octanol–water partition coefficient (Wildman–Crippen LogP) is 2.42. The van der Waals surface area contributed by atoms with Crippen molar-refractivity contribution >= 4 is 5.91 Å². The third kappa shape index (κ3) is 4.19. The minimum absolute atomic E-state index is 0.209. The number of carbonyl (C=O) groups is 1. The molecule has 3 fully saturated rings. The van der Waals surface area contributed by atoms with E-state index in [9.17, 15) is 4.79 Å². The van der Waals surface area contributed by atoms with Crippen LogP contribution in [0.5, 0.6) is 0 Å². The van der Waals surface area contributed by atoms with E-state index in [1.165, 1.54) is 45.2 Å². The van der Waals surface area contributed by atoms with Crippen molar-refractivity contribution in [2.45, 2.75) is 69.9 Å². The van der Waals surface area contributed by atoms with Gasteiger partial charge in [-0.05, 0) is 51.6 Å². The standard InChI is InChI=1S/C17H30N2O2/c20-17(14-21-16-6-2-1-3-7-16)19-12-8-15(9-13-19)18-10-4-5-11-18/h15-16H,1-14H2. The summed E-state index contributed by atoms with van der Waals surface area (Å²) >= 11 is 0. The van der Waals surface area contributed by atoms with Crippen LogP contribution < -0.4 is 0 Å². The first kappa shape index (κ1) is 15.3. The molecule has 0 bridgehead atoms. The number of piperidine rings is 1. The molecule has 2 aliphatic heterocycles. The van der Waals surface area contributed by atoms with E-state index in [1.807, 2.05) is 4.90 Å². The van der Waals surface area contributed by atoms with Crippen LogP contribution in [0.2, 0.25) is 0 Å². The van der Waals surface area contributed by atoms with Crippen molar-refractivity contribution in [1.29, 1.82) is 0 Å². The van der Waals surface area contributed by atoms with Crippen LogP contribution in [0, 0.1) is 0 Å². The second-order valence-corrected chi connectivity index (χ2v) is 6.93. The fourth-order valence-corrected chi connectivity index (χ4v) is 4.10. The van der Waals surface area contributed by atoms with E-state index in [4.69, 9.17) is 4.74 Å². The Morgan fingerprint density at radius 1 is 0.857 bits per heavy atom. The number of hydrogen-bond donors (Lipinski definition) is 0. The number of nitrogens with zero attached hydrogens (tertiary/aromatic N) is 2. The lowest BCUT2D eigenvalue weighted by molar-refractivity contribution is -0.140. The number of hydrogen-bond acceptors (Lipinski definition) is 3. The van der Waals surface area contributed by atoms with Crippen LogP contribution >= 0.6 is 0 Å². The zero-order valence-corrected chi connectivity index (χ0v) is 13.3. The summed E-state index contributed by atoms with van der Waals surface area (Å²) in [6.45, 7) is 4.69. The van der Waals surface area contributed by atoms with E-state index in [0.717, 1.165) is 44.8 Å². The molecule has 120 valence electrons. The van der Waals surface area contributed by atoms with Gasteiger partial charge < -0.3 is 14.5 Å². The summed E-state index contributed by atoms with van der Waals surface area (Å²) in [6, 6.07) is 0.718. The predicted molar refractivity (Wildman–Crippen MR) is 83.2 cm³/mol. The van der Waals surface area contributed by atoms with Gasteiger partial charge in [-0.1, -0.05) is 19.3 Å². The van der Waals surface area contributed by atoms with Gasteiger partial charge in [-0.15, -0.1) is 0 Å². The van der Waals surface area contributed by atoms with E-state index in [0.29, 0.717) is 12.7 Å². The first-order valence-electron chi connectivity index (χ1n) is 8.96. The number of ether oxygens (including phenoxy) is 1. The molecule has 0 aromatic heterocycles. The van der Waals surface area contributed by atoms with Gasteiger partial charge in [0.1, 0.15) is 6.61 Å². The van der Waals surface area contributed by atoms with E-state index in [2.05, 4.69) is 4.90 Å². The van der Waals surface area contributed by atoms with Gasteiger partial charge in [0.2, 0.25) is 5.91 Å². The maximum Gasteiger partial charge on any atom is 0.248 e. The van der Waals surface area contributed by atoms with E-state index in [1.54, 1.807) is 0 Å². The summed E-state index contributed by atoms with van der Waals surface area (Å²) in [4.78, 5) is 16.9. The Bertz CT molecular complexity index is 328. The zero-order chi connectivity index (χ0) is 14.5. The molecule has 1 amide bonds. The Morgan fingerprint density at radius 2 is 1.52 bits per heavy atom. The molecule has 0 atom stereocenters. The Labute approximate surface area is 128 Å². The highest BCUT2D eigenvalue weighted by molar-refractivity contribution is 5.77. The fourth-order valence-electron chi connectivity index (χ4n) is 4.10. The maximum absolute atomic E-state index is 12.3. The van der Waals surface area contributed by atoms with Crippen LogP contribution in [-0.4, -0.2) is 60.6 Å². The van der Waals surface area contributed by atoms with Gasteiger partial charge >= 0.3 is 0 Å². The molecule has 1 aliphatic carbocycles. The van der Waals surface area contributed by atoms with E-state index < -0.39 is 0 Å². The van der Waals surface area contributed by atoms with Crippen molar-refractivity contribution in [2.24, 2.45) is 0 Å². The molecular weight excluding hydrogens is 264 g/mol. The van der Waals surface area contributed by atoms with Crippen molar-refractivity contribution in [1.82, 2.24) is 9.80 Å². The SMILES string of the molecule is O=C(COC1CCCCC1)N1CCC(N2CCCC2)CC1. The molecule has 0 aromatic carbocycles. The second kappa shape index (κ2) is 7.59. The summed E-state index contributed by atoms with van der Waals surface area (Å²) in [5.41, 5.74) is 0. The monoisotopic (exact) mass is 294 g/mol. The average molecular weight is 294 g/mol. The van der Waals surface area contributed by atoms with Crippen LogP contribution in [0.3, 0.4) is 0 Å². The summed E-state index contributed by atoms with van der Waals surface area (Å²) in [7, 11) is 0. The lowest BCUT2D eigenvalue weighted by atomic mass is 9.98. The third-order valence-electron chi connectivity index (χ3n) is 5.47. The van der Waals surface area contributed by atoms with Crippen LogP contribution in [0.1, 0.15) is 57.8 Å². The van der Waals surface area contributed by atoms with Crippen molar-refractivity contribution in [3.63, 3.8) is 0 Å². The molecule has 21 heavy (non-hydrogen) atoms. The van der Waals surface area contributed by atoms with Crippen LogP contribution in [0.25, 0.3) is 0 Å². The van der Waals surface area contributed by atoms with Gasteiger partial charge in [0, 0.05) is 19.1 Å². The number of rotatable bonds is 4. The van der Waals surface area contributed by atoms with E-state index in [-0.39, 0.29) is 5.91 Å². The second-order valence-electron chi connectivity index (χ2n) is 6.93. The van der Waals surface area contributed by atoms with Gasteiger partial charge in [-0.3, -0.25) is 4.79 Å². The number of likely N-dealkylation sites (tertiary alicyclic amines) is 2. The minimum atomic E-state index is 0.209. The molecule has 0 spiro atoms. The fraction of sp³-hybridized carbons (Fsp3) is 0.941. The molecule has 4 heteroatoms. The van der Waals surface area contributed by atoms with Crippen molar-refractivity contribution in [2.75, 3.05) is 32.8 Å². The smallest absolute Gasteiger partial charge is 0.248 e. The third-order valence-corrected chi connectivity index (χ3v) is 5.47. The van der Waals surface area contributed by atoms with Crippen LogP contribution in [-0.2, 0) is 9.53 Å². The molecule has 0 radical (unpaired) electrons.